The smallest absolute Gasteiger partial charge is 0.226 e. The number of rotatable bonds is 3. The molecule has 1 saturated heterocycles. The van der Waals surface area contributed by atoms with Crippen molar-refractivity contribution in [2.45, 2.75) is 19.3 Å². The summed E-state index contributed by atoms with van der Waals surface area (Å²) in [6, 6.07) is 7.94. The Kier molecular flexibility index (Phi) is 4.78. The van der Waals surface area contributed by atoms with Gasteiger partial charge in [-0.05, 0) is 43.0 Å². The number of likely N-dealkylation sites (tertiary alicyclic amines) is 1. The van der Waals surface area contributed by atoms with Crippen LogP contribution in [0.1, 0.15) is 18.4 Å². The highest BCUT2D eigenvalue weighted by atomic mass is 79.9. The van der Waals surface area contributed by atoms with Crippen molar-refractivity contribution in [3.05, 3.63) is 34.3 Å². The van der Waals surface area contributed by atoms with Gasteiger partial charge in [-0.2, -0.15) is 0 Å². The van der Waals surface area contributed by atoms with E-state index in [9.17, 15) is 4.79 Å². The van der Waals surface area contributed by atoms with Gasteiger partial charge in [0.25, 0.3) is 0 Å². The van der Waals surface area contributed by atoms with E-state index in [0.29, 0.717) is 12.3 Å². The van der Waals surface area contributed by atoms with Crippen molar-refractivity contribution in [1.82, 2.24) is 4.90 Å². The van der Waals surface area contributed by atoms with E-state index in [1.165, 1.54) is 0 Å². The van der Waals surface area contributed by atoms with Gasteiger partial charge < -0.3 is 10.6 Å². The molecule has 3 nitrogen and oxygen atoms in total. The van der Waals surface area contributed by atoms with Gasteiger partial charge in [0.15, 0.2) is 0 Å². The summed E-state index contributed by atoms with van der Waals surface area (Å²) in [5.74, 6) is 0.823. The van der Waals surface area contributed by atoms with E-state index in [1.807, 2.05) is 29.2 Å². The number of amides is 1. The van der Waals surface area contributed by atoms with E-state index >= 15 is 0 Å². The van der Waals surface area contributed by atoms with E-state index in [4.69, 9.17) is 5.73 Å². The van der Waals surface area contributed by atoms with Gasteiger partial charge in [0.1, 0.15) is 0 Å². The molecule has 1 aromatic carbocycles. The Morgan fingerprint density at radius 1 is 1.39 bits per heavy atom. The molecule has 18 heavy (non-hydrogen) atoms. The number of hydrogen-bond donors (Lipinski definition) is 1. The van der Waals surface area contributed by atoms with Gasteiger partial charge in [0.05, 0.1) is 6.42 Å². The standard InChI is InChI=1S/C14H19BrN2O/c15-13-3-1-2-12(8-13)9-14(18)17-6-4-11(10-16)5-7-17/h1-3,8,11H,4-7,9-10,16H2. The van der Waals surface area contributed by atoms with Crippen molar-refractivity contribution in [2.24, 2.45) is 11.7 Å². The molecule has 0 bridgehead atoms. The first-order valence-electron chi connectivity index (χ1n) is 6.41. The molecule has 0 unspecified atom stereocenters. The molecule has 1 heterocycles. The first-order chi connectivity index (χ1) is 8.69. The Morgan fingerprint density at radius 2 is 2.11 bits per heavy atom. The summed E-state index contributed by atoms with van der Waals surface area (Å²) in [7, 11) is 0. The van der Waals surface area contributed by atoms with E-state index in [2.05, 4.69) is 15.9 Å². The zero-order chi connectivity index (χ0) is 13.0. The first kappa shape index (κ1) is 13.6. The molecule has 1 fully saturated rings. The third kappa shape index (κ3) is 3.56. The quantitative estimate of drug-likeness (QED) is 0.930. The second-order valence-corrected chi connectivity index (χ2v) is 5.78. The van der Waals surface area contributed by atoms with Crippen LogP contribution < -0.4 is 5.73 Å². The van der Waals surface area contributed by atoms with Crippen LogP contribution >= 0.6 is 15.9 Å². The van der Waals surface area contributed by atoms with E-state index in [1.54, 1.807) is 0 Å². The fourth-order valence-electron chi connectivity index (χ4n) is 2.35. The Balaban J connectivity index is 1.89. The van der Waals surface area contributed by atoms with E-state index < -0.39 is 0 Å². The lowest BCUT2D eigenvalue weighted by atomic mass is 9.96. The molecule has 1 amide bonds. The molecule has 0 saturated carbocycles. The van der Waals surface area contributed by atoms with Gasteiger partial charge in [-0.15, -0.1) is 0 Å². The summed E-state index contributed by atoms with van der Waals surface area (Å²) in [5.41, 5.74) is 6.72. The summed E-state index contributed by atoms with van der Waals surface area (Å²) in [5, 5.41) is 0. The molecular formula is C14H19BrN2O. The van der Waals surface area contributed by atoms with Crippen LogP contribution in [0.4, 0.5) is 0 Å². The summed E-state index contributed by atoms with van der Waals surface area (Å²) in [4.78, 5) is 14.1. The molecule has 2 N–H and O–H groups in total. The minimum atomic E-state index is 0.226. The zero-order valence-electron chi connectivity index (χ0n) is 10.4. The van der Waals surface area contributed by atoms with Crippen LogP contribution in [0.15, 0.2) is 28.7 Å². The molecule has 0 aromatic heterocycles. The largest absolute Gasteiger partial charge is 0.342 e. The van der Waals surface area contributed by atoms with Gasteiger partial charge >= 0.3 is 0 Å². The summed E-state index contributed by atoms with van der Waals surface area (Å²) in [6.45, 7) is 2.46. The molecule has 0 radical (unpaired) electrons. The van der Waals surface area contributed by atoms with Crippen LogP contribution in [0.25, 0.3) is 0 Å². The van der Waals surface area contributed by atoms with Crippen LogP contribution in [-0.2, 0) is 11.2 Å². The number of halogens is 1. The third-order valence-electron chi connectivity index (χ3n) is 3.54. The molecule has 0 spiro atoms. The molecule has 4 heteroatoms. The van der Waals surface area contributed by atoms with Gasteiger partial charge in [-0.25, -0.2) is 0 Å². The average Bonchev–Trinajstić information content (AvgIpc) is 2.39. The van der Waals surface area contributed by atoms with Crippen molar-refractivity contribution in [2.75, 3.05) is 19.6 Å². The highest BCUT2D eigenvalue weighted by Crippen LogP contribution is 2.18. The molecule has 98 valence electrons. The number of piperidine rings is 1. The van der Waals surface area contributed by atoms with Gasteiger partial charge in [0.2, 0.25) is 5.91 Å². The Bertz CT molecular complexity index is 414. The van der Waals surface area contributed by atoms with Gasteiger partial charge in [0, 0.05) is 17.6 Å². The number of benzene rings is 1. The van der Waals surface area contributed by atoms with Crippen molar-refractivity contribution in [3.8, 4) is 0 Å². The summed E-state index contributed by atoms with van der Waals surface area (Å²) in [6.07, 6.45) is 2.58. The van der Waals surface area contributed by atoms with Gasteiger partial charge in [-0.3, -0.25) is 4.79 Å². The normalized spacial score (nSPS) is 16.9. The first-order valence-corrected chi connectivity index (χ1v) is 7.20. The molecule has 1 aliphatic rings. The second kappa shape index (κ2) is 6.34. The monoisotopic (exact) mass is 310 g/mol. The lowest BCUT2D eigenvalue weighted by Crippen LogP contribution is -2.40. The fraction of sp³-hybridized carbons (Fsp3) is 0.500. The van der Waals surface area contributed by atoms with Crippen LogP contribution in [0, 0.1) is 5.92 Å². The van der Waals surface area contributed by atoms with E-state index in [0.717, 1.165) is 42.5 Å². The maximum atomic E-state index is 12.2. The molecule has 1 aliphatic heterocycles. The lowest BCUT2D eigenvalue weighted by molar-refractivity contribution is -0.131. The number of carbonyl (C=O) groups excluding carboxylic acids is 1. The average molecular weight is 311 g/mol. The van der Waals surface area contributed by atoms with Crippen LogP contribution in [0.3, 0.4) is 0 Å². The Labute approximate surface area is 116 Å². The minimum absolute atomic E-state index is 0.226. The Hall–Kier alpha value is -0.870. The van der Waals surface area contributed by atoms with Gasteiger partial charge in [-0.1, -0.05) is 28.1 Å². The predicted octanol–water partition coefficient (Wildman–Crippen LogP) is 2.19. The highest BCUT2D eigenvalue weighted by molar-refractivity contribution is 9.10. The summed E-state index contributed by atoms with van der Waals surface area (Å²) >= 11 is 3.43. The van der Waals surface area contributed by atoms with Crippen molar-refractivity contribution in [1.29, 1.82) is 0 Å². The SMILES string of the molecule is NCC1CCN(C(=O)Cc2cccc(Br)c2)CC1. The van der Waals surface area contributed by atoms with E-state index in [-0.39, 0.29) is 5.91 Å². The molecule has 2 rings (SSSR count). The highest BCUT2D eigenvalue weighted by Gasteiger charge is 2.21. The molecule has 1 aromatic rings. The molecular weight excluding hydrogens is 292 g/mol. The van der Waals surface area contributed by atoms with Crippen molar-refractivity contribution < 1.29 is 4.79 Å². The maximum Gasteiger partial charge on any atom is 0.226 e. The number of nitrogens with zero attached hydrogens (tertiary/aromatic N) is 1. The minimum Gasteiger partial charge on any atom is -0.342 e. The summed E-state index contributed by atoms with van der Waals surface area (Å²) < 4.78 is 1.02. The third-order valence-corrected chi connectivity index (χ3v) is 4.04. The zero-order valence-corrected chi connectivity index (χ0v) is 12.0. The lowest BCUT2D eigenvalue weighted by Gasteiger charge is -2.31. The Morgan fingerprint density at radius 3 is 2.72 bits per heavy atom. The van der Waals surface area contributed by atoms with Crippen LogP contribution in [0.5, 0.6) is 0 Å². The number of hydrogen-bond acceptors (Lipinski definition) is 2. The second-order valence-electron chi connectivity index (χ2n) is 4.87. The van der Waals surface area contributed by atoms with Crippen molar-refractivity contribution in [3.63, 3.8) is 0 Å². The number of carbonyl (C=O) groups is 1. The molecule has 0 atom stereocenters. The topological polar surface area (TPSA) is 46.3 Å². The molecule has 0 aliphatic carbocycles. The fourth-order valence-corrected chi connectivity index (χ4v) is 2.80. The maximum absolute atomic E-state index is 12.2. The van der Waals surface area contributed by atoms with Crippen LogP contribution in [0.2, 0.25) is 0 Å². The predicted molar refractivity (Wildman–Crippen MR) is 76.2 cm³/mol. The number of nitrogens with two attached hydrogens (primary N) is 1. The van der Waals surface area contributed by atoms with Crippen molar-refractivity contribution >= 4 is 21.8 Å². The van der Waals surface area contributed by atoms with Crippen LogP contribution in [-0.4, -0.2) is 30.4 Å².